The maximum atomic E-state index is 12.4. The molecule has 0 bridgehead atoms. The first-order valence-electron chi connectivity index (χ1n) is 6.10. The van der Waals surface area contributed by atoms with E-state index in [1.165, 1.54) is 19.2 Å². The van der Waals surface area contributed by atoms with Gasteiger partial charge >= 0.3 is 6.18 Å². The van der Waals surface area contributed by atoms with Gasteiger partial charge < -0.3 is 4.74 Å². The van der Waals surface area contributed by atoms with Crippen molar-refractivity contribution in [1.29, 1.82) is 0 Å². The first kappa shape index (κ1) is 15.7. The Kier molecular flexibility index (Phi) is 5.54. The highest BCUT2D eigenvalue weighted by molar-refractivity contribution is 5.85. The summed E-state index contributed by atoms with van der Waals surface area (Å²) in [5.74, 6) is -0.107. The van der Waals surface area contributed by atoms with Crippen LogP contribution in [-0.2, 0) is 22.1 Å². The smallest absolute Gasteiger partial charge is 0.374 e. The van der Waals surface area contributed by atoms with Crippen molar-refractivity contribution < 1.29 is 22.7 Å². The summed E-state index contributed by atoms with van der Waals surface area (Å²) in [5, 5.41) is 0. The number of alkyl halides is 3. The van der Waals surface area contributed by atoms with E-state index in [1.807, 2.05) is 6.92 Å². The zero-order chi connectivity index (χ0) is 14.5. The second-order valence-corrected chi connectivity index (χ2v) is 4.35. The summed E-state index contributed by atoms with van der Waals surface area (Å²) in [5.41, 5.74) is -0.142. The summed E-state index contributed by atoms with van der Waals surface area (Å²) < 4.78 is 42.2. The van der Waals surface area contributed by atoms with E-state index in [0.717, 1.165) is 18.6 Å². The molecule has 19 heavy (non-hydrogen) atoms. The molecule has 0 aliphatic heterocycles. The molecular weight excluding hydrogens is 257 g/mol. The second-order valence-electron chi connectivity index (χ2n) is 4.35. The predicted octanol–water partition coefficient (Wildman–Crippen LogP) is 3.63. The van der Waals surface area contributed by atoms with Gasteiger partial charge in [-0.3, -0.25) is 4.79 Å². The number of benzene rings is 1. The third-order valence-electron chi connectivity index (χ3n) is 2.85. The van der Waals surface area contributed by atoms with Crippen LogP contribution in [0.4, 0.5) is 13.2 Å². The van der Waals surface area contributed by atoms with E-state index in [-0.39, 0.29) is 12.2 Å². The molecule has 0 radical (unpaired) electrons. The van der Waals surface area contributed by atoms with Crippen LogP contribution < -0.4 is 0 Å². The van der Waals surface area contributed by atoms with Crippen LogP contribution in [0.25, 0.3) is 0 Å². The first-order valence-corrected chi connectivity index (χ1v) is 6.10. The fraction of sp³-hybridized carbons (Fsp3) is 0.500. The topological polar surface area (TPSA) is 26.3 Å². The summed E-state index contributed by atoms with van der Waals surface area (Å²) in [4.78, 5) is 11.9. The fourth-order valence-corrected chi connectivity index (χ4v) is 1.80. The minimum atomic E-state index is -4.35. The molecule has 0 fully saturated rings. The van der Waals surface area contributed by atoms with Gasteiger partial charge in [0.25, 0.3) is 0 Å². The highest BCUT2D eigenvalue weighted by atomic mass is 19.4. The third kappa shape index (κ3) is 4.67. The molecule has 0 aromatic heterocycles. The van der Waals surface area contributed by atoms with E-state index < -0.39 is 17.8 Å². The number of carbonyl (C=O) groups is 1. The van der Waals surface area contributed by atoms with Gasteiger partial charge in [-0.1, -0.05) is 25.5 Å². The van der Waals surface area contributed by atoms with Crippen LogP contribution >= 0.6 is 0 Å². The maximum absolute atomic E-state index is 12.4. The molecule has 1 unspecified atom stereocenters. The predicted molar refractivity (Wildman–Crippen MR) is 65.9 cm³/mol. The Labute approximate surface area is 110 Å². The normalized spacial score (nSPS) is 13.3. The van der Waals surface area contributed by atoms with E-state index >= 15 is 0 Å². The quantitative estimate of drug-likeness (QED) is 0.791. The van der Waals surface area contributed by atoms with Gasteiger partial charge in [0, 0.05) is 13.5 Å². The van der Waals surface area contributed by atoms with E-state index in [9.17, 15) is 18.0 Å². The van der Waals surface area contributed by atoms with Crippen molar-refractivity contribution in [2.45, 2.75) is 38.5 Å². The Morgan fingerprint density at radius 2 is 1.84 bits per heavy atom. The molecule has 0 saturated heterocycles. The van der Waals surface area contributed by atoms with Crippen LogP contribution in [0, 0.1) is 0 Å². The van der Waals surface area contributed by atoms with Gasteiger partial charge in [0.05, 0.1) is 5.56 Å². The van der Waals surface area contributed by atoms with Gasteiger partial charge in [0.1, 0.15) is 6.10 Å². The highest BCUT2D eigenvalue weighted by Crippen LogP contribution is 2.29. The van der Waals surface area contributed by atoms with Crippen molar-refractivity contribution >= 4 is 5.78 Å². The lowest BCUT2D eigenvalue weighted by atomic mass is 10.0. The van der Waals surface area contributed by atoms with Crippen LogP contribution in [0.1, 0.15) is 30.9 Å². The molecule has 5 heteroatoms. The molecular formula is C14H17F3O2. The van der Waals surface area contributed by atoms with Gasteiger partial charge in [-0.15, -0.1) is 0 Å². The lowest BCUT2D eigenvalue weighted by Crippen LogP contribution is -2.24. The summed E-state index contributed by atoms with van der Waals surface area (Å²) in [7, 11) is 1.46. The van der Waals surface area contributed by atoms with Crippen molar-refractivity contribution in [3.8, 4) is 0 Å². The van der Waals surface area contributed by atoms with E-state index in [4.69, 9.17) is 4.74 Å². The SMILES string of the molecule is CCCC(OC)C(=O)Cc1ccc(C(F)(F)F)cc1. The van der Waals surface area contributed by atoms with E-state index in [0.29, 0.717) is 12.0 Å². The molecule has 2 nitrogen and oxygen atoms in total. The number of Topliss-reactive ketones (excluding diaryl/α,β-unsaturated/α-hetero) is 1. The molecule has 106 valence electrons. The van der Waals surface area contributed by atoms with Crippen LogP contribution in [0.2, 0.25) is 0 Å². The molecule has 1 atom stereocenters. The van der Waals surface area contributed by atoms with Crippen LogP contribution in [0.15, 0.2) is 24.3 Å². The summed E-state index contributed by atoms with van der Waals surface area (Å²) in [6, 6.07) is 4.65. The van der Waals surface area contributed by atoms with Crippen LogP contribution in [-0.4, -0.2) is 19.0 Å². The number of hydrogen-bond acceptors (Lipinski definition) is 2. The number of halogens is 3. The average molecular weight is 274 g/mol. The molecule has 0 saturated carbocycles. The van der Waals surface area contributed by atoms with Crippen molar-refractivity contribution in [1.82, 2.24) is 0 Å². The van der Waals surface area contributed by atoms with Crippen LogP contribution in [0.5, 0.6) is 0 Å². The number of carbonyl (C=O) groups excluding carboxylic acids is 1. The first-order chi connectivity index (χ1) is 8.88. The van der Waals surface area contributed by atoms with Gasteiger partial charge in [-0.25, -0.2) is 0 Å². The van der Waals surface area contributed by atoms with Gasteiger partial charge in [-0.05, 0) is 24.1 Å². The monoisotopic (exact) mass is 274 g/mol. The minimum absolute atomic E-state index is 0.0939. The van der Waals surface area contributed by atoms with E-state index in [1.54, 1.807) is 0 Å². The van der Waals surface area contributed by atoms with E-state index in [2.05, 4.69) is 0 Å². The standard InChI is InChI=1S/C14H17F3O2/c1-3-4-13(19-2)12(18)9-10-5-7-11(8-6-10)14(15,16)17/h5-8,13H,3-4,9H2,1-2H3. The molecule has 0 aliphatic rings. The summed E-state index contributed by atoms with van der Waals surface area (Å²) in [6.07, 6.45) is -3.30. The molecule has 0 N–H and O–H groups in total. The molecule has 1 aromatic carbocycles. The summed E-state index contributed by atoms with van der Waals surface area (Å²) in [6.45, 7) is 1.94. The second kappa shape index (κ2) is 6.70. The Hall–Kier alpha value is -1.36. The number of ether oxygens (including phenoxy) is 1. The maximum Gasteiger partial charge on any atom is 0.416 e. The van der Waals surface area contributed by atoms with Crippen molar-refractivity contribution in [3.63, 3.8) is 0 Å². The molecule has 1 rings (SSSR count). The average Bonchev–Trinajstić information content (AvgIpc) is 2.35. The summed E-state index contributed by atoms with van der Waals surface area (Å²) >= 11 is 0. The Balaban J connectivity index is 2.70. The largest absolute Gasteiger partial charge is 0.416 e. The zero-order valence-corrected chi connectivity index (χ0v) is 11.0. The van der Waals surface area contributed by atoms with Crippen LogP contribution in [0.3, 0.4) is 0 Å². The Bertz CT molecular complexity index is 410. The molecule has 0 aliphatic carbocycles. The number of hydrogen-bond donors (Lipinski definition) is 0. The fourth-order valence-electron chi connectivity index (χ4n) is 1.80. The number of methoxy groups -OCH3 is 1. The molecule has 0 heterocycles. The number of rotatable bonds is 6. The van der Waals surface area contributed by atoms with Gasteiger partial charge in [0.15, 0.2) is 5.78 Å². The van der Waals surface area contributed by atoms with Gasteiger partial charge in [-0.2, -0.15) is 13.2 Å². The van der Waals surface area contributed by atoms with Crippen molar-refractivity contribution in [2.24, 2.45) is 0 Å². The lowest BCUT2D eigenvalue weighted by Gasteiger charge is -2.13. The molecule has 0 spiro atoms. The highest BCUT2D eigenvalue weighted by Gasteiger charge is 2.30. The van der Waals surface area contributed by atoms with Crippen molar-refractivity contribution in [3.05, 3.63) is 35.4 Å². The third-order valence-corrected chi connectivity index (χ3v) is 2.85. The molecule has 0 amide bonds. The Morgan fingerprint density at radius 1 is 1.26 bits per heavy atom. The van der Waals surface area contributed by atoms with Gasteiger partial charge in [0.2, 0.25) is 0 Å². The number of ketones is 1. The zero-order valence-electron chi connectivity index (χ0n) is 11.0. The van der Waals surface area contributed by atoms with Crippen molar-refractivity contribution in [2.75, 3.05) is 7.11 Å². The molecule has 1 aromatic rings. The minimum Gasteiger partial charge on any atom is -0.374 e. The lowest BCUT2D eigenvalue weighted by molar-refractivity contribution is -0.137. The Morgan fingerprint density at radius 3 is 2.26 bits per heavy atom.